The Labute approximate surface area is 98.8 Å². The number of rotatable bonds is 6. The van der Waals surface area contributed by atoms with Crippen molar-refractivity contribution in [3.05, 3.63) is 35.4 Å². The molecule has 0 bridgehead atoms. The zero-order valence-corrected chi connectivity index (χ0v) is 10.4. The summed E-state index contributed by atoms with van der Waals surface area (Å²) in [6.45, 7) is 4.15. The summed E-state index contributed by atoms with van der Waals surface area (Å²) in [6, 6.07) is 5.85. The monoisotopic (exact) mass is 218 g/mol. The van der Waals surface area contributed by atoms with Crippen LogP contribution in [0.15, 0.2) is 24.3 Å². The molecule has 0 heterocycles. The smallest absolute Gasteiger partial charge is 0.125 e. The van der Waals surface area contributed by atoms with Crippen LogP contribution in [0, 0.1) is 6.92 Å². The number of hydrogen-bond acceptors (Lipinski definition) is 1. The number of phenols is 1. The number of benzene rings is 1. The lowest BCUT2D eigenvalue weighted by atomic mass is 10.1. The molecule has 0 atom stereocenters. The highest BCUT2D eigenvalue weighted by molar-refractivity contribution is 5.58. The second-order valence-electron chi connectivity index (χ2n) is 4.26. The SMILES string of the molecule is CCCCCCC=Cc1cccc(C)c1O. The molecule has 0 aliphatic rings. The van der Waals surface area contributed by atoms with Gasteiger partial charge in [0.1, 0.15) is 5.75 Å². The zero-order chi connectivity index (χ0) is 11.8. The van der Waals surface area contributed by atoms with E-state index >= 15 is 0 Å². The highest BCUT2D eigenvalue weighted by atomic mass is 16.3. The molecular weight excluding hydrogens is 196 g/mol. The highest BCUT2D eigenvalue weighted by Gasteiger charge is 1.98. The van der Waals surface area contributed by atoms with Gasteiger partial charge < -0.3 is 5.11 Å². The van der Waals surface area contributed by atoms with Crippen molar-refractivity contribution in [3.63, 3.8) is 0 Å². The molecule has 0 saturated carbocycles. The van der Waals surface area contributed by atoms with Crippen LogP contribution in [0.25, 0.3) is 6.08 Å². The molecule has 16 heavy (non-hydrogen) atoms. The summed E-state index contributed by atoms with van der Waals surface area (Å²) in [5.74, 6) is 0.410. The highest BCUT2D eigenvalue weighted by Crippen LogP contribution is 2.22. The first kappa shape index (κ1) is 12.8. The lowest BCUT2D eigenvalue weighted by molar-refractivity contribution is 0.470. The predicted octanol–water partition coefficient (Wildman–Crippen LogP) is 4.68. The summed E-state index contributed by atoms with van der Waals surface area (Å²) in [5, 5.41) is 9.79. The van der Waals surface area contributed by atoms with Gasteiger partial charge in [0.15, 0.2) is 0 Å². The number of aryl methyl sites for hydroxylation is 1. The Morgan fingerprint density at radius 1 is 1.19 bits per heavy atom. The molecule has 1 N–H and O–H groups in total. The molecule has 0 aromatic heterocycles. The van der Waals surface area contributed by atoms with Crippen LogP contribution in [0.5, 0.6) is 5.75 Å². The van der Waals surface area contributed by atoms with Crippen LogP contribution >= 0.6 is 0 Å². The summed E-state index contributed by atoms with van der Waals surface area (Å²) in [6.07, 6.45) is 10.4. The third kappa shape index (κ3) is 4.09. The molecule has 1 aromatic rings. The standard InChI is InChI=1S/C15H22O/c1-3-4-5-6-7-8-11-14-12-9-10-13(2)15(14)16/h8-12,16H,3-7H2,1-2H3. The van der Waals surface area contributed by atoms with Crippen molar-refractivity contribution >= 4 is 6.08 Å². The van der Waals surface area contributed by atoms with Gasteiger partial charge in [-0.15, -0.1) is 0 Å². The lowest BCUT2D eigenvalue weighted by Gasteiger charge is -2.02. The van der Waals surface area contributed by atoms with Gasteiger partial charge in [0.05, 0.1) is 0 Å². The molecule has 0 aliphatic heterocycles. The van der Waals surface area contributed by atoms with Crippen LogP contribution < -0.4 is 0 Å². The van der Waals surface area contributed by atoms with E-state index in [1.807, 2.05) is 31.2 Å². The molecule has 0 saturated heterocycles. The molecule has 1 rings (SSSR count). The Hall–Kier alpha value is -1.24. The van der Waals surface area contributed by atoms with E-state index < -0.39 is 0 Å². The van der Waals surface area contributed by atoms with E-state index in [2.05, 4.69) is 13.0 Å². The molecule has 0 radical (unpaired) electrons. The molecule has 0 amide bonds. The molecule has 1 aromatic carbocycles. The van der Waals surface area contributed by atoms with Gasteiger partial charge in [-0.2, -0.15) is 0 Å². The van der Waals surface area contributed by atoms with Gasteiger partial charge in [-0.05, 0) is 25.3 Å². The molecule has 88 valence electrons. The molecule has 0 spiro atoms. The van der Waals surface area contributed by atoms with Crippen molar-refractivity contribution in [1.82, 2.24) is 0 Å². The average Bonchev–Trinajstić information content (AvgIpc) is 2.29. The van der Waals surface area contributed by atoms with Gasteiger partial charge in [-0.3, -0.25) is 0 Å². The zero-order valence-electron chi connectivity index (χ0n) is 10.4. The average molecular weight is 218 g/mol. The van der Waals surface area contributed by atoms with Crippen molar-refractivity contribution in [1.29, 1.82) is 0 Å². The number of aromatic hydroxyl groups is 1. The van der Waals surface area contributed by atoms with Crippen molar-refractivity contribution in [2.75, 3.05) is 0 Å². The molecule has 0 unspecified atom stereocenters. The molecule has 0 aliphatic carbocycles. The van der Waals surface area contributed by atoms with Crippen LogP contribution in [0.4, 0.5) is 0 Å². The maximum Gasteiger partial charge on any atom is 0.125 e. The van der Waals surface area contributed by atoms with Crippen LogP contribution in [-0.2, 0) is 0 Å². The predicted molar refractivity (Wildman–Crippen MR) is 70.6 cm³/mol. The van der Waals surface area contributed by atoms with Gasteiger partial charge in [0.25, 0.3) is 0 Å². The fourth-order valence-electron chi connectivity index (χ4n) is 1.72. The summed E-state index contributed by atoms with van der Waals surface area (Å²) in [5.41, 5.74) is 1.86. The van der Waals surface area contributed by atoms with E-state index in [4.69, 9.17) is 0 Å². The van der Waals surface area contributed by atoms with E-state index in [0.717, 1.165) is 17.5 Å². The first-order valence-electron chi connectivity index (χ1n) is 6.20. The maximum atomic E-state index is 9.79. The van der Waals surface area contributed by atoms with Crippen molar-refractivity contribution < 1.29 is 5.11 Å². The van der Waals surface area contributed by atoms with Crippen molar-refractivity contribution in [3.8, 4) is 5.75 Å². The Balaban J connectivity index is 2.41. The minimum Gasteiger partial charge on any atom is -0.507 e. The number of para-hydroxylation sites is 1. The van der Waals surface area contributed by atoms with Crippen LogP contribution in [0.1, 0.15) is 50.2 Å². The fourth-order valence-corrected chi connectivity index (χ4v) is 1.72. The van der Waals surface area contributed by atoms with Crippen LogP contribution in [0.3, 0.4) is 0 Å². The maximum absolute atomic E-state index is 9.79. The number of unbranched alkanes of at least 4 members (excludes halogenated alkanes) is 4. The van der Waals surface area contributed by atoms with E-state index in [-0.39, 0.29) is 0 Å². The Morgan fingerprint density at radius 2 is 2.00 bits per heavy atom. The third-order valence-electron chi connectivity index (χ3n) is 2.79. The summed E-state index contributed by atoms with van der Waals surface area (Å²) < 4.78 is 0. The normalized spacial score (nSPS) is 11.1. The van der Waals surface area contributed by atoms with Crippen LogP contribution in [0.2, 0.25) is 0 Å². The molecule has 1 nitrogen and oxygen atoms in total. The second-order valence-corrected chi connectivity index (χ2v) is 4.26. The Bertz CT molecular complexity index is 339. The summed E-state index contributed by atoms with van der Waals surface area (Å²) in [4.78, 5) is 0. The molecule has 1 heteroatoms. The minimum atomic E-state index is 0.410. The number of phenolic OH excluding ortho intramolecular Hbond substituents is 1. The van der Waals surface area contributed by atoms with E-state index in [0.29, 0.717) is 5.75 Å². The van der Waals surface area contributed by atoms with E-state index in [1.54, 1.807) is 0 Å². The Morgan fingerprint density at radius 3 is 2.75 bits per heavy atom. The topological polar surface area (TPSA) is 20.2 Å². The quantitative estimate of drug-likeness (QED) is 0.687. The lowest BCUT2D eigenvalue weighted by Crippen LogP contribution is -1.79. The van der Waals surface area contributed by atoms with Gasteiger partial charge in [-0.1, -0.05) is 56.5 Å². The van der Waals surface area contributed by atoms with Gasteiger partial charge in [0, 0.05) is 5.56 Å². The number of allylic oxidation sites excluding steroid dienone is 1. The largest absolute Gasteiger partial charge is 0.507 e. The molecular formula is C15H22O. The van der Waals surface area contributed by atoms with Crippen LogP contribution in [-0.4, -0.2) is 5.11 Å². The molecule has 0 fully saturated rings. The van der Waals surface area contributed by atoms with Gasteiger partial charge in [-0.25, -0.2) is 0 Å². The van der Waals surface area contributed by atoms with Crippen molar-refractivity contribution in [2.45, 2.75) is 46.0 Å². The Kier molecular flexibility index (Phi) is 5.69. The second kappa shape index (κ2) is 7.10. The minimum absolute atomic E-state index is 0.410. The number of hydrogen-bond donors (Lipinski definition) is 1. The first-order valence-corrected chi connectivity index (χ1v) is 6.20. The third-order valence-corrected chi connectivity index (χ3v) is 2.79. The van der Waals surface area contributed by atoms with Gasteiger partial charge >= 0.3 is 0 Å². The fraction of sp³-hybridized carbons (Fsp3) is 0.467. The summed E-state index contributed by atoms with van der Waals surface area (Å²) >= 11 is 0. The van der Waals surface area contributed by atoms with E-state index in [1.165, 1.54) is 25.7 Å². The first-order chi connectivity index (χ1) is 7.75. The van der Waals surface area contributed by atoms with E-state index in [9.17, 15) is 5.11 Å². The van der Waals surface area contributed by atoms with Crippen molar-refractivity contribution in [2.24, 2.45) is 0 Å². The van der Waals surface area contributed by atoms with Gasteiger partial charge in [0.2, 0.25) is 0 Å². The summed E-state index contributed by atoms with van der Waals surface area (Å²) in [7, 11) is 0.